The number of amides is 1. The quantitative estimate of drug-likeness (QED) is 0.643. The summed E-state index contributed by atoms with van der Waals surface area (Å²) in [5.41, 5.74) is 1.31. The molecule has 1 N–H and O–H groups in total. The molecule has 1 aromatic heterocycles. The van der Waals surface area contributed by atoms with E-state index in [1.165, 1.54) is 17.7 Å². The molecule has 1 amide bonds. The summed E-state index contributed by atoms with van der Waals surface area (Å²) in [4.78, 5) is 24.3. The molecule has 0 spiro atoms. The van der Waals surface area contributed by atoms with Gasteiger partial charge in [0.25, 0.3) is 5.91 Å². The van der Waals surface area contributed by atoms with E-state index in [9.17, 15) is 14.9 Å². The van der Waals surface area contributed by atoms with Gasteiger partial charge in [0.05, 0.1) is 6.07 Å². The van der Waals surface area contributed by atoms with E-state index >= 15 is 0 Å². The van der Waals surface area contributed by atoms with Crippen molar-refractivity contribution in [3.8, 4) is 0 Å². The predicted octanol–water partition coefficient (Wildman–Crippen LogP) is 2.83. The Morgan fingerprint density at radius 2 is 1.92 bits per heavy atom. The number of piperidine rings is 1. The maximum Gasteiger partial charge on any atom is 0.433 e. The van der Waals surface area contributed by atoms with Gasteiger partial charge in [0.15, 0.2) is 5.76 Å². The van der Waals surface area contributed by atoms with E-state index in [1.807, 2.05) is 6.07 Å². The number of rotatable bonds is 6. The predicted molar refractivity (Wildman–Crippen MR) is 92.1 cm³/mol. The van der Waals surface area contributed by atoms with Crippen LogP contribution in [-0.2, 0) is 6.54 Å². The van der Waals surface area contributed by atoms with Crippen LogP contribution in [0.3, 0.4) is 0 Å². The fourth-order valence-electron chi connectivity index (χ4n) is 3.06. The Morgan fingerprint density at radius 1 is 1.20 bits per heavy atom. The van der Waals surface area contributed by atoms with Crippen LogP contribution in [0.1, 0.15) is 29.0 Å². The first-order chi connectivity index (χ1) is 12.1. The smallest absolute Gasteiger partial charge is 0.395 e. The molecule has 0 radical (unpaired) electrons. The lowest BCUT2D eigenvalue weighted by Gasteiger charge is -2.32. The normalized spacial score (nSPS) is 15.8. The fourth-order valence-corrected chi connectivity index (χ4v) is 3.06. The van der Waals surface area contributed by atoms with E-state index in [0.717, 1.165) is 32.5 Å². The summed E-state index contributed by atoms with van der Waals surface area (Å²) in [6.07, 6.45) is 2.04. The number of nitrogens with zero attached hydrogens (tertiary/aromatic N) is 2. The van der Waals surface area contributed by atoms with Crippen LogP contribution in [0, 0.1) is 16.0 Å². The van der Waals surface area contributed by atoms with Crippen molar-refractivity contribution in [1.29, 1.82) is 0 Å². The average molecular weight is 343 g/mol. The fraction of sp³-hybridized carbons (Fsp3) is 0.389. The van der Waals surface area contributed by atoms with Crippen LogP contribution in [0.5, 0.6) is 0 Å². The average Bonchev–Trinajstić information content (AvgIpc) is 3.12. The third kappa shape index (κ3) is 4.67. The number of furan rings is 1. The van der Waals surface area contributed by atoms with Crippen molar-refractivity contribution < 1.29 is 14.1 Å². The summed E-state index contributed by atoms with van der Waals surface area (Å²) in [6, 6.07) is 12.9. The lowest BCUT2D eigenvalue weighted by molar-refractivity contribution is -0.402. The summed E-state index contributed by atoms with van der Waals surface area (Å²) in [5.74, 6) is -0.423. The molecule has 0 unspecified atom stereocenters. The van der Waals surface area contributed by atoms with Gasteiger partial charge >= 0.3 is 5.88 Å². The number of carbonyl (C=O) groups excluding carboxylic acids is 1. The molecule has 0 atom stereocenters. The first-order valence-corrected chi connectivity index (χ1v) is 8.40. The van der Waals surface area contributed by atoms with Crippen LogP contribution in [0.2, 0.25) is 0 Å². The second-order valence-corrected chi connectivity index (χ2v) is 6.31. The van der Waals surface area contributed by atoms with Crippen molar-refractivity contribution in [3.63, 3.8) is 0 Å². The molecule has 1 aliphatic heterocycles. The third-order valence-corrected chi connectivity index (χ3v) is 4.50. The van der Waals surface area contributed by atoms with Crippen LogP contribution in [0.4, 0.5) is 5.88 Å². The van der Waals surface area contributed by atoms with Crippen molar-refractivity contribution in [1.82, 2.24) is 10.2 Å². The Bertz CT molecular complexity index is 721. The highest BCUT2D eigenvalue weighted by molar-refractivity contribution is 5.91. The molecule has 0 bridgehead atoms. The molecule has 0 saturated carbocycles. The molecule has 3 rings (SSSR count). The van der Waals surface area contributed by atoms with E-state index in [4.69, 9.17) is 4.42 Å². The molecule has 25 heavy (non-hydrogen) atoms. The molecular weight excluding hydrogens is 322 g/mol. The number of nitro groups is 1. The highest BCUT2D eigenvalue weighted by atomic mass is 16.6. The van der Waals surface area contributed by atoms with Gasteiger partial charge in [-0.3, -0.25) is 19.8 Å². The van der Waals surface area contributed by atoms with Crippen molar-refractivity contribution in [2.24, 2.45) is 5.92 Å². The van der Waals surface area contributed by atoms with Crippen LogP contribution >= 0.6 is 0 Å². The Balaban J connectivity index is 1.41. The van der Waals surface area contributed by atoms with Gasteiger partial charge in [-0.15, -0.1) is 0 Å². The topological polar surface area (TPSA) is 88.6 Å². The highest BCUT2D eigenvalue weighted by Gasteiger charge is 2.21. The number of hydrogen-bond acceptors (Lipinski definition) is 5. The Morgan fingerprint density at radius 3 is 2.56 bits per heavy atom. The molecule has 1 aromatic carbocycles. The summed E-state index contributed by atoms with van der Waals surface area (Å²) in [5, 5.41) is 13.4. The number of likely N-dealkylation sites (tertiary alicyclic amines) is 1. The first kappa shape index (κ1) is 17.2. The number of nitrogens with one attached hydrogen (secondary N) is 1. The summed E-state index contributed by atoms with van der Waals surface area (Å²) in [6.45, 7) is 3.52. The molecule has 1 saturated heterocycles. The van der Waals surface area contributed by atoms with Gasteiger partial charge in [-0.25, -0.2) is 0 Å². The molecule has 1 fully saturated rings. The number of carbonyl (C=O) groups is 1. The molecule has 2 heterocycles. The van der Waals surface area contributed by atoms with E-state index in [1.54, 1.807) is 0 Å². The first-order valence-electron chi connectivity index (χ1n) is 8.40. The van der Waals surface area contributed by atoms with E-state index in [2.05, 4.69) is 34.5 Å². The van der Waals surface area contributed by atoms with Gasteiger partial charge < -0.3 is 9.73 Å². The summed E-state index contributed by atoms with van der Waals surface area (Å²) >= 11 is 0. The van der Waals surface area contributed by atoms with Crippen LogP contribution in [-0.4, -0.2) is 35.4 Å². The summed E-state index contributed by atoms with van der Waals surface area (Å²) in [7, 11) is 0. The van der Waals surface area contributed by atoms with Gasteiger partial charge in [0.1, 0.15) is 4.92 Å². The van der Waals surface area contributed by atoms with Crippen molar-refractivity contribution in [3.05, 3.63) is 63.9 Å². The minimum Gasteiger partial charge on any atom is -0.395 e. The standard InChI is InChI=1S/C18H21N3O4/c22-18(16-6-7-17(25-16)21(23)24)19-12-14-8-10-20(11-9-14)13-15-4-2-1-3-5-15/h1-7,14H,8-13H2,(H,19,22). The SMILES string of the molecule is O=C(NCC1CCN(Cc2ccccc2)CC1)c1ccc([N+](=O)[O-])o1. The minimum atomic E-state index is -0.654. The van der Waals surface area contributed by atoms with Gasteiger partial charge in [-0.2, -0.15) is 0 Å². The summed E-state index contributed by atoms with van der Waals surface area (Å²) < 4.78 is 4.91. The lowest BCUT2D eigenvalue weighted by Crippen LogP contribution is -2.38. The van der Waals surface area contributed by atoms with Gasteiger partial charge in [-0.1, -0.05) is 30.3 Å². The molecule has 1 aliphatic rings. The van der Waals surface area contributed by atoms with Crippen LogP contribution < -0.4 is 5.32 Å². The van der Waals surface area contributed by atoms with E-state index in [-0.39, 0.29) is 5.76 Å². The Kier molecular flexibility index (Phi) is 5.45. The minimum absolute atomic E-state index is 0.0202. The molecule has 7 nitrogen and oxygen atoms in total. The zero-order chi connectivity index (χ0) is 17.6. The highest BCUT2D eigenvalue weighted by Crippen LogP contribution is 2.19. The van der Waals surface area contributed by atoms with Crippen molar-refractivity contribution in [2.75, 3.05) is 19.6 Å². The molecule has 0 aliphatic carbocycles. The zero-order valence-corrected chi connectivity index (χ0v) is 13.9. The monoisotopic (exact) mass is 343 g/mol. The largest absolute Gasteiger partial charge is 0.433 e. The van der Waals surface area contributed by atoms with Gasteiger partial charge in [0, 0.05) is 13.1 Å². The second-order valence-electron chi connectivity index (χ2n) is 6.31. The maximum absolute atomic E-state index is 12.0. The van der Waals surface area contributed by atoms with Crippen LogP contribution in [0.15, 0.2) is 46.9 Å². The number of hydrogen-bond donors (Lipinski definition) is 1. The lowest BCUT2D eigenvalue weighted by atomic mass is 9.96. The second kappa shape index (κ2) is 7.94. The van der Waals surface area contributed by atoms with Crippen molar-refractivity contribution in [2.45, 2.75) is 19.4 Å². The van der Waals surface area contributed by atoms with Crippen molar-refractivity contribution >= 4 is 11.8 Å². The third-order valence-electron chi connectivity index (χ3n) is 4.50. The molecule has 7 heteroatoms. The van der Waals surface area contributed by atoms with E-state index in [0.29, 0.717) is 12.5 Å². The zero-order valence-electron chi connectivity index (χ0n) is 13.9. The van der Waals surface area contributed by atoms with Gasteiger partial charge in [0.2, 0.25) is 0 Å². The van der Waals surface area contributed by atoms with E-state index < -0.39 is 16.7 Å². The molecule has 2 aromatic rings. The molecule has 132 valence electrons. The maximum atomic E-state index is 12.0. The van der Waals surface area contributed by atoms with Crippen LogP contribution in [0.25, 0.3) is 0 Å². The number of benzene rings is 1. The van der Waals surface area contributed by atoms with Gasteiger partial charge in [-0.05, 0) is 43.5 Å². The Labute approximate surface area is 145 Å². The molecular formula is C18H21N3O4. The Hall–Kier alpha value is -2.67.